The summed E-state index contributed by atoms with van der Waals surface area (Å²) in [5.74, 6) is 1.25. The number of allylic oxidation sites excluding steroid dienone is 1. The van der Waals surface area contributed by atoms with Gasteiger partial charge in [0.15, 0.2) is 0 Å². The number of halogens is 3. The van der Waals surface area contributed by atoms with Gasteiger partial charge in [0.2, 0.25) is 0 Å². The third-order valence-electron chi connectivity index (χ3n) is 1.55. The summed E-state index contributed by atoms with van der Waals surface area (Å²) >= 11 is 0. The molecule has 5 heteroatoms. The molecule has 0 aliphatic heterocycles. The first-order chi connectivity index (χ1) is 7.01. The summed E-state index contributed by atoms with van der Waals surface area (Å²) in [6, 6.07) is 5.44. The van der Waals surface area contributed by atoms with E-state index in [9.17, 15) is 18.0 Å². The van der Waals surface area contributed by atoms with Crippen molar-refractivity contribution in [3.63, 3.8) is 0 Å². The van der Waals surface area contributed by atoms with Crippen LogP contribution in [0.2, 0.25) is 0 Å². The maximum absolute atomic E-state index is 11.8. The van der Waals surface area contributed by atoms with E-state index in [1.165, 1.54) is 24.3 Å². The molecule has 0 unspecified atom stereocenters. The third-order valence-corrected chi connectivity index (χ3v) is 1.55. The molecule has 0 saturated heterocycles. The zero-order chi connectivity index (χ0) is 11.3. The molecule has 0 aliphatic carbocycles. The van der Waals surface area contributed by atoms with Crippen LogP contribution < -0.4 is 4.74 Å². The Morgan fingerprint density at radius 3 is 2.73 bits per heavy atom. The van der Waals surface area contributed by atoms with Crippen molar-refractivity contribution in [1.82, 2.24) is 0 Å². The maximum atomic E-state index is 11.8. The molecule has 1 rings (SSSR count). The van der Waals surface area contributed by atoms with E-state index in [1.54, 1.807) is 12.0 Å². The van der Waals surface area contributed by atoms with Crippen LogP contribution in [0.1, 0.15) is 5.56 Å². The highest BCUT2D eigenvalue weighted by Gasteiger charge is 2.30. The van der Waals surface area contributed by atoms with E-state index in [0.717, 1.165) is 0 Å². The first-order valence-electron chi connectivity index (χ1n) is 4.05. The van der Waals surface area contributed by atoms with Crippen molar-refractivity contribution < 1.29 is 22.7 Å². The fourth-order valence-electron chi connectivity index (χ4n) is 1.03. The minimum atomic E-state index is -4.70. The van der Waals surface area contributed by atoms with Crippen LogP contribution in [0.5, 0.6) is 5.75 Å². The van der Waals surface area contributed by atoms with E-state index < -0.39 is 6.36 Å². The molecule has 0 spiro atoms. The Balaban J connectivity index is 2.78. The van der Waals surface area contributed by atoms with Gasteiger partial charge in [0.25, 0.3) is 0 Å². The van der Waals surface area contributed by atoms with E-state index in [4.69, 9.17) is 0 Å². The van der Waals surface area contributed by atoms with Crippen LogP contribution in [-0.4, -0.2) is 12.3 Å². The summed E-state index contributed by atoms with van der Waals surface area (Å²) in [5.41, 5.74) is 0.556. The monoisotopic (exact) mass is 216 g/mol. The summed E-state index contributed by atoms with van der Waals surface area (Å²) in [5, 5.41) is 0. The number of hydrogen-bond acceptors (Lipinski definition) is 2. The van der Waals surface area contributed by atoms with Crippen LogP contribution in [0.25, 0.3) is 0 Å². The highest BCUT2D eigenvalue weighted by atomic mass is 19.4. The first-order valence-corrected chi connectivity index (χ1v) is 4.05. The lowest BCUT2D eigenvalue weighted by Crippen LogP contribution is -2.17. The predicted molar refractivity (Wildman–Crippen MR) is 47.1 cm³/mol. The SMILES string of the molecule is O=C=CCc1cccc(OC(F)(F)F)c1. The van der Waals surface area contributed by atoms with Gasteiger partial charge in [0.1, 0.15) is 11.7 Å². The van der Waals surface area contributed by atoms with Crippen LogP contribution in [0.4, 0.5) is 13.2 Å². The van der Waals surface area contributed by atoms with Crippen molar-refractivity contribution in [2.24, 2.45) is 0 Å². The number of benzene rings is 1. The molecule has 0 aliphatic rings. The van der Waals surface area contributed by atoms with Gasteiger partial charge in [-0.25, -0.2) is 4.79 Å². The fourth-order valence-corrected chi connectivity index (χ4v) is 1.03. The average Bonchev–Trinajstić information content (AvgIpc) is 2.12. The van der Waals surface area contributed by atoms with Gasteiger partial charge in [-0.05, 0) is 17.7 Å². The summed E-state index contributed by atoms with van der Waals surface area (Å²) in [6.07, 6.45) is -3.27. The zero-order valence-electron chi connectivity index (χ0n) is 7.54. The smallest absolute Gasteiger partial charge is 0.406 e. The molecule has 2 nitrogen and oxygen atoms in total. The molecule has 80 valence electrons. The summed E-state index contributed by atoms with van der Waals surface area (Å²) < 4.78 is 39.2. The van der Waals surface area contributed by atoms with Gasteiger partial charge in [0, 0.05) is 12.5 Å². The molecule has 0 radical (unpaired) electrons. The summed E-state index contributed by atoms with van der Waals surface area (Å²) in [6.45, 7) is 0. The van der Waals surface area contributed by atoms with Gasteiger partial charge >= 0.3 is 6.36 Å². The molecule has 0 atom stereocenters. The molecule has 1 aromatic carbocycles. The summed E-state index contributed by atoms with van der Waals surface area (Å²) in [4.78, 5) is 9.90. The van der Waals surface area contributed by atoms with Crippen molar-refractivity contribution in [2.45, 2.75) is 12.8 Å². The fraction of sp³-hybridized carbons (Fsp3) is 0.200. The standard InChI is InChI=1S/C10H7F3O2/c11-10(12,13)15-9-5-1-3-8(7-9)4-2-6-14/h1-3,5,7H,4H2. The van der Waals surface area contributed by atoms with E-state index in [1.807, 2.05) is 0 Å². The normalized spacial score (nSPS) is 10.6. The quantitative estimate of drug-likeness (QED) is 0.725. The molecular formula is C10H7F3O2. The Morgan fingerprint density at radius 2 is 2.13 bits per heavy atom. The molecule has 0 heterocycles. The molecule has 0 aromatic heterocycles. The van der Waals surface area contributed by atoms with Crippen LogP contribution >= 0.6 is 0 Å². The Hall–Kier alpha value is -1.74. The number of rotatable bonds is 3. The van der Waals surface area contributed by atoms with Gasteiger partial charge < -0.3 is 4.74 Å². The topological polar surface area (TPSA) is 26.3 Å². The lowest BCUT2D eigenvalue weighted by Gasteiger charge is -2.09. The predicted octanol–water partition coefficient (Wildman–Crippen LogP) is 2.52. The molecule has 15 heavy (non-hydrogen) atoms. The minimum absolute atomic E-state index is 0.235. The summed E-state index contributed by atoms with van der Waals surface area (Å²) in [7, 11) is 0. The Labute approximate surface area is 84.0 Å². The van der Waals surface area contributed by atoms with Crippen molar-refractivity contribution in [3.05, 3.63) is 35.9 Å². The molecule has 0 amide bonds. The van der Waals surface area contributed by atoms with E-state index in [-0.39, 0.29) is 12.2 Å². The second-order valence-corrected chi connectivity index (χ2v) is 2.72. The van der Waals surface area contributed by atoms with Gasteiger partial charge in [-0.1, -0.05) is 12.1 Å². The first kappa shape index (κ1) is 11.3. The van der Waals surface area contributed by atoms with E-state index in [2.05, 4.69) is 4.74 Å². The lowest BCUT2D eigenvalue weighted by molar-refractivity contribution is -0.274. The second-order valence-electron chi connectivity index (χ2n) is 2.72. The Morgan fingerprint density at radius 1 is 1.40 bits per heavy atom. The average molecular weight is 216 g/mol. The van der Waals surface area contributed by atoms with Crippen LogP contribution in [0.3, 0.4) is 0 Å². The van der Waals surface area contributed by atoms with Crippen molar-refractivity contribution in [3.8, 4) is 5.75 Å². The van der Waals surface area contributed by atoms with Gasteiger partial charge in [-0.15, -0.1) is 13.2 Å². The molecular weight excluding hydrogens is 209 g/mol. The lowest BCUT2D eigenvalue weighted by atomic mass is 10.1. The molecule has 0 N–H and O–H groups in total. The van der Waals surface area contributed by atoms with Crippen LogP contribution in [-0.2, 0) is 11.2 Å². The number of alkyl halides is 3. The van der Waals surface area contributed by atoms with Gasteiger partial charge in [-0.3, -0.25) is 0 Å². The van der Waals surface area contributed by atoms with Crippen molar-refractivity contribution in [2.75, 3.05) is 0 Å². The largest absolute Gasteiger partial charge is 0.573 e. The van der Waals surface area contributed by atoms with Crippen LogP contribution in [0.15, 0.2) is 30.3 Å². The Bertz CT molecular complexity index is 378. The highest BCUT2D eigenvalue weighted by Crippen LogP contribution is 2.23. The zero-order valence-corrected chi connectivity index (χ0v) is 7.54. The number of ether oxygens (including phenoxy) is 1. The van der Waals surface area contributed by atoms with Crippen molar-refractivity contribution in [1.29, 1.82) is 0 Å². The van der Waals surface area contributed by atoms with Crippen LogP contribution in [0, 0.1) is 0 Å². The maximum Gasteiger partial charge on any atom is 0.573 e. The Kier molecular flexibility index (Phi) is 3.52. The molecule has 0 bridgehead atoms. The van der Waals surface area contributed by atoms with E-state index >= 15 is 0 Å². The van der Waals surface area contributed by atoms with Gasteiger partial charge in [-0.2, -0.15) is 0 Å². The molecule has 1 aromatic rings. The second kappa shape index (κ2) is 4.66. The molecule has 0 fully saturated rings. The highest BCUT2D eigenvalue weighted by molar-refractivity contribution is 5.46. The van der Waals surface area contributed by atoms with E-state index in [0.29, 0.717) is 5.56 Å². The number of carbonyl (C=O) groups excluding carboxylic acids is 1. The molecule has 0 saturated carbocycles. The van der Waals surface area contributed by atoms with Gasteiger partial charge in [0.05, 0.1) is 0 Å². The minimum Gasteiger partial charge on any atom is -0.406 e. The number of hydrogen-bond donors (Lipinski definition) is 0. The van der Waals surface area contributed by atoms with Crippen molar-refractivity contribution >= 4 is 5.94 Å². The third kappa shape index (κ3) is 4.33.